The first-order valence-electron chi connectivity index (χ1n) is 8.76. The topological polar surface area (TPSA) is 30.5 Å². The van der Waals surface area contributed by atoms with E-state index in [4.69, 9.17) is 21.1 Å². The van der Waals surface area contributed by atoms with Crippen molar-refractivity contribution in [2.45, 2.75) is 20.1 Å². The number of anilines is 1. The summed E-state index contributed by atoms with van der Waals surface area (Å²) in [5.74, 6) is 1.47. The summed E-state index contributed by atoms with van der Waals surface area (Å²) in [6.07, 6.45) is 0. The van der Waals surface area contributed by atoms with E-state index in [1.54, 1.807) is 0 Å². The van der Waals surface area contributed by atoms with Gasteiger partial charge < -0.3 is 14.8 Å². The lowest BCUT2D eigenvalue weighted by atomic mass is 10.2. The zero-order valence-corrected chi connectivity index (χ0v) is 17.4. The van der Waals surface area contributed by atoms with Crippen molar-refractivity contribution in [2.75, 3.05) is 11.9 Å². The van der Waals surface area contributed by atoms with Gasteiger partial charge in [-0.2, -0.15) is 0 Å². The Morgan fingerprint density at radius 2 is 1.70 bits per heavy atom. The van der Waals surface area contributed by atoms with Crippen molar-refractivity contribution < 1.29 is 9.47 Å². The molecule has 0 aliphatic heterocycles. The summed E-state index contributed by atoms with van der Waals surface area (Å²) < 4.78 is 12.8. The van der Waals surface area contributed by atoms with Gasteiger partial charge in [-0.25, -0.2) is 0 Å². The minimum absolute atomic E-state index is 0.442. The SMILES string of the molecule is CCOc1cc(CNc2ccc(Br)cc2)ccc1OCc1cccc(Cl)c1. The molecular formula is C22H21BrClNO2. The van der Waals surface area contributed by atoms with Gasteiger partial charge in [0.25, 0.3) is 0 Å². The highest BCUT2D eigenvalue weighted by Gasteiger charge is 2.08. The molecule has 0 atom stereocenters. The van der Waals surface area contributed by atoms with Gasteiger partial charge in [-0.05, 0) is 66.6 Å². The molecule has 0 unspecified atom stereocenters. The molecule has 0 aliphatic carbocycles. The molecule has 0 heterocycles. The Balaban J connectivity index is 1.67. The van der Waals surface area contributed by atoms with Crippen LogP contribution < -0.4 is 14.8 Å². The number of ether oxygens (including phenoxy) is 2. The Labute approximate surface area is 173 Å². The molecule has 0 saturated heterocycles. The van der Waals surface area contributed by atoms with Crippen molar-refractivity contribution in [1.82, 2.24) is 0 Å². The third kappa shape index (κ3) is 5.91. The molecule has 1 N–H and O–H groups in total. The van der Waals surface area contributed by atoms with E-state index in [-0.39, 0.29) is 0 Å². The summed E-state index contributed by atoms with van der Waals surface area (Å²) in [6, 6.07) is 21.8. The summed E-state index contributed by atoms with van der Waals surface area (Å²) in [7, 11) is 0. The first-order valence-corrected chi connectivity index (χ1v) is 9.93. The fourth-order valence-corrected chi connectivity index (χ4v) is 3.09. The van der Waals surface area contributed by atoms with Gasteiger partial charge in [0, 0.05) is 21.7 Å². The highest BCUT2D eigenvalue weighted by Crippen LogP contribution is 2.30. The Kier molecular flexibility index (Phi) is 7.02. The standard InChI is InChI=1S/C22H21BrClNO2/c1-2-26-22-13-16(14-25-20-9-7-18(23)8-10-20)6-11-21(22)27-15-17-4-3-5-19(24)12-17/h3-13,25H,2,14-15H2,1H3. The van der Waals surface area contributed by atoms with E-state index < -0.39 is 0 Å². The molecule has 0 saturated carbocycles. The first kappa shape index (κ1) is 19.6. The van der Waals surface area contributed by atoms with Crippen molar-refractivity contribution in [3.63, 3.8) is 0 Å². The van der Waals surface area contributed by atoms with Gasteiger partial charge >= 0.3 is 0 Å². The second-order valence-electron chi connectivity index (χ2n) is 5.99. The molecule has 0 bridgehead atoms. The van der Waals surface area contributed by atoms with Gasteiger partial charge in [-0.3, -0.25) is 0 Å². The Morgan fingerprint density at radius 3 is 2.44 bits per heavy atom. The summed E-state index contributed by atoms with van der Waals surface area (Å²) in [4.78, 5) is 0. The molecule has 5 heteroatoms. The van der Waals surface area contributed by atoms with Crippen LogP contribution in [0.15, 0.2) is 71.2 Å². The number of halogens is 2. The van der Waals surface area contributed by atoms with Crippen LogP contribution in [-0.4, -0.2) is 6.61 Å². The Bertz CT molecular complexity index is 884. The van der Waals surface area contributed by atoms with E-state index in [2.05, 4.69) is 21.2 Å². The Morgan fingerprint density at radius 1 is 0.889 bits per heavy atom. The van der Waals surface area contributed by atoms with Crippen molar-refractivity contribution in [3.05, 3.63) is 87.4 Å². The maximum absolute atomic E-state index is 6.03. The minimum Gasteiger partial charge on any atom is -0.490 e. The normalized spacial score (nSPS) is 10.5. The molecule has 3 aromatic rings. The fourth-order valence-electron chi connectivity index (χ4n) is 2.61. The fraction of sp³-hybridized carbons (Fsp3) is 0.182. The van der Waals surface area contributed by atoms with E-state index in [1.165, 1.54) is 0 Å². The van der Waals surface area contributed by atoms with Crippen LogP contribution in [0.5, 0.6) is 11.5 Å². The summed E-state index contributed by atoms with van der Waals surface area (Å²) in [5.41, 5.74) is 3.21. The van der Waals surface area contributed by atoms with E-state index in [0.717, 1.165) is 32.8 Å². The van der Waals surface area contributed by atoms with Crippen LogP contribution in [0.4, 0.5) is 5.69 Å². The average molecular weight is 447 g/mol. The molecular weight excluding hydrogens is 426 g/mol. The van der Waals surface area contributed by atoms with Gasteiger partial charge in [0.1, 0.15) is 6.61 Å². The summed E-state index contributed by atoms with van der Waals surface area (Å²) in [5, 5.41) is 4.11. The number of benzene rings is 3. The molecule has 27 heavy (non-hydrogen) atoms. The predicted molar refractivity (Wildman–Crippen MR) is 115 cm³/mol. The van der Waals surface area contributed by atoms with E-state index in [9.17, 15) is 0 Å². The lowest BCUT2D eigenvalue weighted by Crippen LogP contribution is -2.03. The first-order chi connectivity index (χ1) is 13.1. The molecule has 3 aromatic carbocycles. The van der Waals surface area contributed by atoms with Crippen LogP contribution >= 0.6 is 27.5 Å². The predicted octanol–water partition coefficient (Wildman–Crippen LogP) is 6.69. The van der Waals surface area contributed by atoms with E-state index >= 15 is 0 Å². The third-order valence-corrected chi connectivity index (χ3v) is 4.70. The number of hydrogen-bond donors (Lipinski definition) is 1. The maximum Gasteiger partial charge on any atom is 0.161 e. The van der Waals surface area contributed by atoms with Crippen LogP contribution in [0.25, 0.3) is 0 Å². The monoisotopic (exact) mass is 445 g/mol. The molecule has 140 valence electrons. The lowest BCUT2D eigenvalue weighted by Gasteiger charge is -2.14. The van der Waals surface area contributed by atoms with Gasteiger partial charge in [0.15, 0.2) is 11.5 Å². The maximum atomic E-state index is 6.03. The van der Waals surface area contributed by atoms with Crippen molar-refractivity contribution in [2.24, 2.45) is 0 Å². The number of hydrogen-bond acceptors (Lipinski definition) is 3. The van der Waals surface area contributed by atoms with Crippen LogP contribution in [0.1, 0.15) is 18.1 Å². The van der Waals surface area contributed by atoms with Crippen LogP contribution in [0.2, 0.25) is 5.02 Å². The highest BCUT2D eigenvalue weighted by molar-refractivity contribution is 9.10. The molecule has 0 radical (unpaired) electrons. The minimum atomic E-state index is 0.442. The quantitative estimate of drug-likeness (QED) is 0.418. The van der Waals surface area contributed by atoms with Gasteiger partial charge in [0.2, 0.25) is 0 Å². The number of rotatable bonds is 8. The second-order valence-corrected chi connectivity index (χ2v) is 7.35. The second kappa shape index (κ2) is 9.67. The zero-order valence-electron chi connectivity index (χ0n) is 15.0. The van der Waals surface area contributed by atoms with Crippen molar-refractivity contribution in [3.8, 4) is 11.5 Å². The van der Waals surface area contributed by atoms with Crippen LogP contribution in [0, 0.1) is 0 Å². The number of nitrogens with one attached hydrogen (secondary N) is 1. The molecule has 0 aliphatic rings. The molecule has 0 fully saturated rings. The van der Waals surface area contributed by atoms with Crippen molar-refractivity contribution >= 4 is 33.2 Å². The van der Waals surface area contributed by atoms with Gasteiger partial charge in [0.05, 0.1) is 6.61 Å². The zero-order chi connectivity index (χ0) is 19.1. The summed E-state index contributed by atoms with van der Waals surface area (Å²) in [6.45, 7) is 3.69. The molecule has 0 amide bonds. The average Bonchev–Trinajstić information content (AvgIpc) is 2.67. The molecule has 3 nitrogen and oxygen atoms in total. The smallest absolute Gasteiger partial charge is 0.161 e. The van der Waals surface area contributed by atoms with Crippen LogP contribution in [0.3, 0.4) is 0 Å². The molecule has 3 rings (SSSR count). The lowest BCUT2D eigenvalue weighted by molar-refractivity contribution is 0.269. The molecule has 0 spiro atoms. The van der Waals surface area contributed by atoms with Crippen molar-refractivity contribution in [1.29, 1.82) is 0 Å². The highest BCUT2D eigenvalue weighted by atomic mass is 79.9. The largest absolute Gasteiger partial charge is 0.490 e. The third-order valence-electron chi connectivity index (χ3n) is 3.93. The summed E-state index contributed by atoms with van der Waals surface area (Å²) >= 11 is 9.48. The van der Waals surface area contributed by atoms with Gasteiger partial charge in [-0.1, -0.05) is 45.7 Å². The molecule has 0 aromatic heterocycles. The van der Waals surface area contributed by atoms with E-state index in [1.807, 2.05) is 73.7 Å². The van der Waals surface area contributed by atoms with Crippen LogP contribution in [-0.2, 0) is 13.2 Å². The Hall–Kier alpha value is -2.17. The van der Waals surface area contributed by atoms with Gasteiger partial charge in [-0.15, -0.1) is 0 Å². The van der Waals surface area contributed by atoms with E-state index in [0.29, 0.717) is 24.8 Å².